The van der Waals surface area contributed by atoms with Gasteiger partial charge in [0.15, 0.2) is 0 Å². The molecule has 1 aliphatic carbocycles. The van der Waals surface area contributed by atoms with Gasteiger partial charge < -0.3 is 10.1 Å². The van der Waals surface area contributed by atoms with Crippen LogP contribution in [-0.4, -0.2) is 24.7 Å². The number of rotatable bonds is 8. The van der Waals surface area contributed by atoms with Crippen LogP contribution in [0.15, 0.2) is 24.3 Å². The molecule has 2 nitrogen and oxygen atoms in total. The third kappa shape index (κ3) is 5.55. The van der Waals surface area contributed by atoms with Crippen molar-refractivity contribution in [1.82, 2.24) is 5.32 Å². The molecule has 0 radical (unpaired) electrons. The maximum Gasteiger partial charge on any atom is 0.119 e. The highest BCUT2D eigenvalue weighted by Gasteiger charge is 2.17. The Morgan fingerprint density at radius 3 is 2.52 bits per heavy atom. The molecule has 0 spiro atoms. The predicted molar refractivity (Wildman–Crippen MR) is 93.4 cm³/mol. The van der Waals surface area contributed by atoms with Crippen molar-refractivity contribution in [2.24, 2.45) is 0 Å². The molecule has 1 unspecified atom stereocenters. The van der Waals surface area contributed by atoms with E-state index in [2.05, 4.69) is 55.3 Å². The molecule has 1 aromatic carbocycles. The highest BCUT2D eigenvalue weighted by Crippen LogP contribution is 2.31. The molecule has 3 heteroatoms. The quantitative estimate of drug-likeness (QED) is 0.745. The topological polar surface area (TPSA) is 21.3 Å². The van der Waals surface area contributed by atoms with Crippen molar-refractivity contribution >= 4 is 11.8 Å². The first kappa shape index (κ1) is 16.7. The molecule has 1 aromatic rings. The van der Waals surface area contributed by atoms with Gasteiger partial charge >= 0.3 is 0 Å². The van der Waals surface area contributed by atoms with Crippen LogP contribution in [0, 0.1) is 0 Å². The highest BCUT2D eigenvalue weighted by molar-refractivity contribution is 7.99. The smallest absolute Gasteiger partial charge is 0.119 e. The monoisotopic (exact) mass is 307 g/mol. The normalized spacial score (nSPS) is 17.6. The molecule has 2 rings (SSSR count). The minimum Gasteiger partial charge on any atom is -0.494 e. The summed E-state index contributed by atoms with van der Waals surface area (Å²) in [6, 6.07) is 9.04. The Morgan fingerprint density at radius 1 is 1.19 bits per heavy atom. The second kappa shape index (κ2) is 9.37. The third-order valence-electron chi connectivity index (χ3n) is 4.15. The fourth-order valence-electron chi connectivity index (χ4n) is 2.83. The molecule has 0 aliphatic heterocycles. The van der Waals surface area contributed by atoms with Crippen LogP contribution in [0.1, 0.15) is 57.1 Å². The molecule has 0 bridgehead atoms. The predicted octanol–water partition coefficient (Wildman–Crippen LogP) is 4.80. The zero-order valence-electron chi connectivity index (χ0n) is 13.4. The fraction of sp³-hybridized carbons (Fsp3) is 0.667. The van der Waals surface area contributed by atoms with Crippen molar-refractivity contribution in [3.8, 4) is 5.75 Å². The van der Waals surface area contributed by atoms with Crippen LogP contribution in [-0.2, 0) is 0 Å². The van der Waals surface area contributed by atoms with Gasteiger partial charge in [-0.15, -0.1) is 0 Å². The van der Waals surface area contributed by atoms with E-state index in [1.807, 2.05) is 0 Å². The van der Waals surface area contributed by atoms with Gasteiger partial charge in [-0.1, -0.05) is 38.3 Å². The van der Waals surface area contributed by atoms with Gasteiger partial charge in [0.2, 0.25) is 0 Å². The van der Waals surface area contributed by atoms with Crippen molar-refractivity contribution in [3.05, 3.63) is 29.8 Å². The van der Waals surface area contributed by atoms with Crippen molar-refractivity contribution in [2.75, 3.05) is 19.4 Å². The molecule has 1 saturated carbocycles. The summed E-state index contributed by atoms with van der Waals surface area (Å²) in [6.45, 7) is 2.93. The highest BCUT2D eigenvalue weighted by atomic mass is 32.2. The van der Waals surface area contributed by atoms with Crippen LogP contribution in [0.25, 0.3) is 0 Å². The Balaban J connectivity index is 1.84. The van der Waals surface area contributed by atoms with E-state index in [4.69, 9.17) is 4.74 Å². The molecule has 0 aromatic heterocycles. The Bertz CT molecular complexity index is 387. The van der Waals surface area contributed by atoms with Crippen LogP contribution >= 0.6 is 11.8 Å². The lowest BCUT2D eigenvalue weighted by molar-refractivity contribution is 0.317. The lowest BCUT2D eigenvalue weighted by atomic mass is 10.0. The summed E-state index contributed by atoms with van der Waals surface area (Å²) in [7, 11) is 2.06. The van der Waals surface area contributed by atoms with E-state index in [0.29, 0.717) is 6.04 Å². The Morgan fingerprint density at radius 2 is 1.90 bits per heavy atom. The SMILES string of the molecule is CCCOc1ccc(C(CSC2CCCCC2)NC)cc1. The molecular formula is C18H29NOS. The van der Waals surface area contributed by atoms with E-state index in [9.17, 15) is 0 Å². The molecule has 21 heavy (non-hydrogen) atoms. The lowest BCUT2D eigenvalue weighted by Crippen LogP contribution is -2.21. The fourth-order valence-corrected chi connectivity index (χ4v) is 4.32. The minimum atomic E-state index is 0.442. The van der Waals surface area contributed by atoms with Crippen LogP contribution in [0.3, 0.4) is 0 Å². The molecule has 0 saturated heterocycles. The van der Waals surface area contributed by atoms with Gasteiger partial charge in [-0.05, 0) is 44.0 Å². The van der Waals surface area contributed by atoms with Crippen LogP contribution < -0.4 is 10.1 Å². The minimum absolute atomic E-state index is 0.442. The van der Waals surface area contributed by atoms with Crippen LogP contribution in [0.4, 0.5) is 0 Å². The number of ether oxygens (including phenoxy) is 1. The average Bonchev–Trinajstić information content (AvgIpc) is 2.55. The van der Waals surface area contributed by atoms with E-state index in [1.54, 1.807) is 0 Å². The van der Waals surface area contributed by atoms with Gasteiger partial charge in [-0.25, -0.2) is 0 Å². The van der Waals surface area contributed by atoms with E-state index < -0.39 is 0 Å². The van der Waals surface area contributed by atoms with Crippen molar-refractivity contribution < 1.29 is 4.74 Å². The Kier molecular flexibility index (Phi) is 7.45. The standard InChI is InChI=1S/C18H29NOS/c1-3-13-20-16-11-9-15(10-12-16)18(19-2)14-21-17-7-5-4-6-8-17/h9-12,17-19H,3-8,13-14H2,1-2H3. The molecule has 118 valence electrons. The average molecular weight is 308 g/mol. The number of thioether (sulfide) groups is 1. The summed E-state index contributed by atoms with van der Waals surface area (Å²) in [4.78, 5) is 0. The second-order valence-corrected chi connectivity index (χ2v) is 7.19. The number of hydrogen-bond donors (Lipinski definition) is 1. The first-order valence-corrected chi connectivity index (χ1v) is 9.40. The van der Waals surface area contributed by atoms with Gasteiger partial charge in [0.05, 0.1) is 6.61 Å². The van der Waals surface area contributed by atoms with Crippen LogP contribution in [0.5, 0.6) is 5.75 Å². The van der Waals surface area contributed by atoms with E-state index in [0.717, 1.165) is 29.8 Å². The summed E-state index contributed by atoms with van der Waals surface area (Å²) >= 11 is 2.15. The molecule has 0 amide bonds. The third-order valence-corrected chi connectivity index (χ3v) is 5.62. The zero-order chi connectivity index (χ0) is 14.9. The summed E-state index contributed by atoms with van der Waals surface area (Å²) in [6.07, 6.45) is 8.15. The van der Waals surface area contributed by atoms with Crippen molar-refractivity contribution in [2.45, 2.75) is 56.7 Å². The van der Waals surface area contributed by atoms with Gasteiger partial charge in [-0.2, -0.15) is 11.8 Å². The molecule has 1 fully saturated rings. The maximum atomic E-state index is 5.65. The molecule has 0 heterocycles. The van der Waals surface area contributed by atoms with Gasteiger partial charge in [0, 0.05) is 17.0 Å². The largest absolute Gasteiger partial charge is 0.494 e. The van der Waals surface area contributed by atoms with Crippen molar-refractivity contribution in [3.63, 3.8) is 0 Å². The van der Waals surface area contributed by atoms with E-state index in [1.165, 1.54) is 37.7 Å². The second-order valence-electron chi connectivity index (χ2n) is 5.85. The maximum absolute atomic E-state index is 5.65. The number of nitrogens with one attached hydrogen (secondary N) is 1. The summed E-state index contributed by atoms with van der Waals surface area (Å²) in [5.74, 6) is 2.14. The summed E-state index contributed by atoms with van der Waals surface area (Å²) < 4.78 is 5.65. The first-order chi connectivity index (χ1) is 10.3. The Labute approximate surface area is 134 Å². The summed E-state index contributed by atoms with van der Waals surface area (Å²) in [5, 5.41) is 4.34. The van der Waals surface area contributed by atoms with E-state index >= 15 is 0 Å². The molecular weight excluding hydrogens is 278 g/mol. The number of hydrogen-bond acceptors (Lipinski definition) is 3. The molecule has 1 N–H and O–H groups in total. The van der Waals surface area contributed by atoms with E-state index in [-0.39, 0.29) is 0 Å². The summed E-state index contributed by atoms with van der Waals surface area (Å²) in [5.41, 5.74) is 1.37. The lowest BCUT2D eigenvalue weighted by Gasteiger charge is -2.24. The van der Waals surface area contributed by atoms with Crippen molar-refractivity contribution in [1.29, 1.82) is 0 Å². The first-order valence-electron chi connectivity index (χ1n) is 8.35. The zero-order valence-corrected chi connectivity index (χ0v) is 14.3. The Hall–Kier alpha value is -0.670. The molecule has 1 aliphatic rings. The number of benzene rings is 1. The van der Waals surface area contributed by atoms with Gasteiger partial charge in [0.1, 0.15) is 5.75 Å². The van der Waals surface area contributed by atoms with Crippen LogP contribution in [0.2, 0.25) is 0 Å². The molecule has 1 atom stereocenters. The van der Waals surface area contributed by atoms with Gasteiger partial charge in [0.25, 0.3) is 0 Å². The van der Waals surface area contributed by atoms with Gasteiger partial charge in [-0.3, -0.25) is 0 Å².